The Labute approximate surface area is 175 Å². The molecule has 2 rings (SSSR count). The highest BCUT2D eigenvalue weighted by atomic mass is 19.4. The van der Waals surface area contributed by atoms with Crippen LogP contribution in [0.25, 0.3) is 0 Å². The van der Waals surface area contributed by atoms with E-state index in [1.807, 2.05) is 12.1 Å². The first kappa shape index (κ1) is 23.8. The highest BCUT2D eigenvalue weighted by Crippen LogP contribution is 2.30. The lowest BCUT2D eigenvalue weighted by Crippen LogP contribution is -2.27. The van der Waals surface area contributed by atoms with Gasteiger partial charge in [-0.2, -0.15) is 13.2 Å². The maximum atomic E-state index is 12.8. The van der Waals surface area contributed by atoms with Crippen molar-refractivity contribution in [2.75, 3.05) is 0 Å². The minimum atomic E-state index is -4.34. The first-order valence-corrected chi connectivity index (χ1v) is 10.1. The van der Waals surface area contributed by atoms with Gasteiger partial charge in [-0.3, -0.25) is 0 Å². The van der Waals surface area contributed by atoms with Gasteiger partial charge >= 0.3 is 12.1 Å². The van der Waals surface area contributed by atoms with E-state index in [1.165, 1.54) is 12.1 Å². The normalized spacial score (nSPS) is 13.1. The fraction of sp³-hybridized carbons (Fsp3) is 0.458. The summed E-state index contributed by atoms with van der Waals surface area (Å²) in [5, 5.41) is 9.43. The molecule has 1 atom stereocenters. The average Bonchev–Trinajstić information content (AvgIpc) is 2.66. The Morgan fingerprint density at radius 2 is 1.63 bits per heavy atom. The molecule has 0 fully saturated rings. The Morgan fingerprint density at radius 3 is 2.20 bits per heavy atom. The number of aryl methyl sites for hydroxylation is 1. The number of benzene rings is 2. The molecule has 2 aromatic rings. The smallest absolute Gasteiger partial charge is 0.416 e. The number of carboxylic acid groups (broad SMARTS) is 1. The van der Waals surface area contributed by atoms with E-state index in [9.17, 15) is 23.1 Å². The van der Waals surface area contributed by atoms with Crippen molar-refractivity contribution in [1.29, 1.82) is 0 Å². The fourth-order valence-corrected chi connectivity index (χ4v) is 3.17. The van der Waals surface area contributed by atoms with E-state index in [2.05, 4.69) is 20.8 Å². The number of ether oxygens (including phenoxy) is 1. The summed E-state index contributed by atoms with van der Waals surface area (Å²) in [4.78, 5) is 11.5. The molecule has 1 N–H and O–H groups in total. The van der Waals surface area contributed by atoms with Gasteiger partial charge in [-0.1, -0.05) is 57.5 Å². The molecule has 0 saturated heterocycles. The van der Waals surface area contributed by atoms with Crippen molar-refractivity contribution in [1.82, 2.24) is 0 Å². The second kappa shape index (κ2) is 10.0. The third-order valence-corrected chi connectivity index (χ3v) is 4.96. The molecule has 0 aliphatic rings. The Balaban J connectivity index is 1.81. The molecular weight excluding hydrogens is 393 g/mol. The van der Waals surface area contributed by atoms with Crippen molar-refractivity contribution >= 4 is 5.97 Å². The molecule has 0 bridgehead atoms. The van der Waals surface area contributed by atoms with Gasteiger partial charge in [-0.15, -0.1) is 0 Å². The number of carboxylic acids is 1. The summed E-state index contributed by atoms with van der Waals surface area (Å²) in [6.07, 6.45) is -2.39. The predicted octanol–water partition coefficient (Wildman–Crippen LogP) is 6.64. The highest BCUT2D eigenvalue weighted by Gasteiger charge is 2.30. The summed E-state index contributed by atoms with van der Waals surface area (Å²) in [6.45, 7) is 6.30. The van der Waals surface area contributed by atoms with Gasteiger partial charge in [0.15, 0.2) is 6.10 Å². The second-order valence-corrected chi connectivity index (χ2v) is 8.52. The molecule has 0 heterocycles. The highest BCUT2D eigenvalue weighted by molar-refractivity contribution is 5.72. The minimum Gasteiger partial charge on any atom is -0.479 e. The number of hydrogen-bond donors (Lipinski definition) is 1. The fourth-order valence-electron chi connectivity index (χ4n) is 3.17. The number of rotatable bonds is 9. The second-order valence-electron chi connectivity index (χ2n) is 8.52. The molecule has 30 heavy (non-hydrogen) atoms. The summed E-state index contributed by atoms with van der Waals surface area (Å²) in [5.74, 6) is -0.507. The summed E-state index contributed by atoms with van der Waals surface area (Å²) in [6, 6.07) is 12.8. The topological polar surface area (TPSA) is 46.5 Å². The van der Waals surface area contributed by atoms with Crippen LogP contribution >= 0.6 is 0 Å². The van der Waals surface area contributed by atoms with E-state index in [-0.39, 0.29) is 5.41 Å². The zero-order chi connectivity index (χ0) is 22.4. The monoisotopic (exact) mass is 422 g/mol. The summed E-state index contributed by atoms with van der Waals surface area (Å²) in [7, 11) is 0. The van der Waals surface area contributed by atoms with Crippen molar-refractivity contribution < 1.29 is 27.8 Å². The zero-order valence-electron chi connectivity index (χ0n) is 17.6. The van der Waals surface area contributed by atoms with Crippen LogP contribution in [0.1, 0.15) is 63.1 Å². The lowest BCUT2D eigenvalue weighted by Gasteiger charge is -2.20. The molecule has 0 aliphatic heterocycles. The van der Waals surface area contributed by atoms with Gasteiger partial charge in [-0.25, -0.2) is 4.79 Å². The molecule has 2 aromatic carbocycles. The molecule has 1 unspecified atom stereocenters. The maximum absolute atomic E-state index is 12.8. The number of alkyl halides is 3. The first-order chi connectivity index (χ1) is 14.0. The van der Waals surface area contributed by atoms with Crippen LogP contribution in [-0.2, 0) is 22.8 Å². The SMILES string of the molecule is CC(C)(C)c1ccc(OC(CCCCCc2cccc(C(F)(F)F)c2)C(=O)O)cc1. The first-order valence-electron chi connectivity index (χ1n) is 10.1. The number of halogens is 3. The molecule has 6 heteroatoms. The van der Waals surface area contributed by atoms with Crippen LogP contribution < -0.4 is 4.74 Å². The van der Waals surface area contributed by atoms with Gasteiger partial charge in [0, 0.05) is 0 Å². The van der Waals surface area contributed by atoms with E-state index in [1.54, 1.807) is 18.2 Å². The van der Waals surface area contributed by atoms with Crippen molar-refractivity contribution in [3.05, 3.63) is 65.2 Å². The molecule has 0 aromatic heterocycles. The van der Waals surface area contributed by atoms with Gasteiger partial charge in [0.1, 0.15) is 5.75 Å². The number of aliphatic carboxylic acids is 1. The van der Waals surface area contributed by atoms with Crippen LogP contribution in [0.4, 0.5) is 13.2 Å². The van der Waals surface area contributed by atoms with Crippen molar-refractivity contribution in [2.24, 2.45) is 0 Å². The minimum absolute atomic E-state index is 0.00431. The average molecular weight is 422 g/mol. The Bertz CT molecular complexity index is 821. The van der Waals surface area contributed by atoms with E-state index in [4.69, 9.17) is 4.74 Å². The Hall–Kier alpha value is -2.50. The van der Waals surface area contributed by atoms with Gasteiger partial charge < -0.3 is 9.84 Å². The van der Waals surface area contributed by atoms with Gasteiger partial charge in [0.2, 0.25) is 0 Å². The largest absolute Gasteiger partial charge is 0.479 e. The number of carbonyl (C=O) groups is 1. The van der Waals surface area contributed by atoms with E-state index in [0.717, 1.165) is 11.6 Å². The molecule has 0 amide bonds. The molecule has 3 nitrogen and oxygen atoms in total. The van der Waals surface area contributed by atoms with Crippen molar-refractivity contribution in [3.63, 3.8) is 0 Å². The predicted molar refractivity (Wildman–Crippen MR) is 111 cm³/mol. The standard InChI is InChI=1S/C24H29F3O3/c1-23(2,3)18-12-14-20(15-13-18)30-21(22(28)29)11-6-4-5-8-17-9-7-10-19(16-17)24(25,26)27/h7,9-10,12-16,21H,4-6,8,11H2,1-3H3,(H,28,29). The zero-order valence-corrected chi connectivity index (χ0v) is 17.6. The van der Waals surface area contributed by atoms with Gasteiger partial charge in [0.25, 0.3) is 0 Å². The van der Waals surface area contributed by atoms with Gasteiger partial charge in [-0.05, 0) is 60.4 Å². The molecule has 0 radical (unpaired) electrons. The third kappa shape index (κ3) is 7.39. The van der Waals surface area contributed by atoms with E-state index >= 15 is 0 Å². The maximum Gasteiger partial charge on any atom is 0.416 e. The van der Waals surface area contributed by atoms with Crippen LogP contribution in [0.2, 0.25) is 0 Å². The Morgan fingerprint density at radius 1 is 0.967 bits per heavy atom. The van der Waals surface area contributed by atoms with Crippen LogP contribution in [0.15, 0.2) is 48.5 Å². The van der Waals surface area contributed by atoms with E-state index in [0.29, 0.717) is 43.4 Å². The van der Waals surface area contributed by atoms with Crippen LogP contribution in [-0.4, -0.2) is 17.2 Å². The summed E-state index contributed by atoms with van der Waals surface area (Å²) < 4.78 is 43.9. The van der Waals surface area contributed by atoms with Crippen molar-refractivity contribution in [3.8, 4) is 5.75 Å². The van der Waals surface area contributed by atoms with Gasteiger partial charge in [0.05, 0.1) is 5.56 Å². The molecular formula is C24H29F3O3. The van der Waals surface area contributed by atoms with E-state index < -0.39 is 23.8 Å². The Kier molecular flexibility index (Phi) is 7.93. The molecule has 0 spiro atoms. The number of unbranched alkanes of at least 4 members (excludes halogenated alkanes) is 2. The molecule has 0 aliphatic carbocycles. The molecule has 164 valence electrons. The third-order valence-electron chi connectivity index (χ3n) is 4.96. The lowest BCUT2D eigenvalue weighted by atomic mass is 9.87. The van der Waals surface area contributed by atoms with Crippen molar-refractivity contribution in [2.45, 2.75) is 70.6 Å². The summed E-state index contributed by atoms with van der Waals surface area (Å²) >= 11 is 0. The van der Waals surface area contributed by atoms with Crippen LogP contribution in [0, 0.1) is 0 Å². The molecule has 0 saturated carbocycles. The summed E-state index contributed by atoms with van der Waals surface area (Å²) in [5.41, 5.74) is 1.13. The van der Waals surface area contributed by atoms with Crippen LogP contribution in [0.5, 0.6) is 5.75 Å². The van der Waals surface area contributed by atoms with Crippen LogP contribution in [0.3, 0.4) is 0 Å². The lowest BCUT2D eigenvalue weighted by molar-refractivity contribution is -0.145. The quantitative estimate of drug-likeness (QED) is 0.461. The number of hydrogen-bond acceptors (Lipinski definition) is 2.